The Bertz CT molecular complexity index is 897. The largest absolute Gasteiger partial charge is 0.480 e. The monoisotopic (exact) mass is 577 g/mol. The highest BCUT2D eigenvalue weighted by molar-refractivity contribution is 9.10. The van der Waals surface area contributed by atoms with Gasteiger partial charge >= 0.3 is 26.6 Å². The average Bonchev–Trinajstić information content (AvgIpc) is 2.79. The average molecular weight is 578 g/mol. The Hall–Kier alpha value is -2.56. The highest BCUT2D eigenvalue weighted by Crippen LogP contribution is 2.24. The van der Waals surface area contributed by atoms with Crippen molar-refractivity contribution in [3.8, 4) is 0 Å². The van der Waals surface area contributed by atoms with E-state index in [1.54, 1.807) is 38.1 Å². The number of hydrogen-bond acceptors (Lipinski definition) is 8. The van der Waals surface area contributed by atoms with E-state index >= 15 is 0 Å². The second kappa shape index (κ2) is 14.8. The molecule has 2 amide bonds. The van der Waals surface area contributed by atoms with Crippen molar-refractivity contribution in [1.29, 1.82) is 0 Å². The lowest BCUT2D eigenvalue weighted by Gasteiger charge is -2.25. The number of carboxylic acids is 1. The zero-order valence-electron chi connectivity index (χ0n) is 19.9. The fourth-order valence-electron chi connectivity index (χ4n) is 3.00. The number of aliphatic hydroxyl groups is 1. The van der Waals surface area contributed by atoms with Crippen LogP contribution in [-0.4, -0.2) is 63.8 Å². The number of carboxylic acid groups (broad SMARTS) is 1. The molecular weight excluding hydrogens is 547 g/mol. The van der Waals surface area contributed by atoms with Crippen LogP contribution >= 0.6 is 24.5 Å². The molecule has 11 nitrogen and oxygen atoms in total. The molecule has 0 fully saturated rings. The number of amides is 2. The number of alkyl carbamates (subject to hydrolysis) is 1. The lowest BCUT2D eigenvalue weighted by atomic mass is 9.91. The Morgan fingerprint density at radius 2 is 1.69 bits per heavy atom. The molecule has 1 aromatic carbocycles. The number of aliphatic hydroxyl groups excluding tert-OH is 1. The van der Waals surface area contributed by atoms with Gasteiger partial charge in [0.2, 0.25) is 6.29 Å². The van der Waals surface area contributed by atoms with Crippen LogP contribution in [0.5, 0.6) is 0 Å². The van der Waals surface area contributed by atoms with Gasteiger partial charge in [-0.1, -0.05) is 41.9 Å². The molecule has 194 valence electrons. The molecule has 0 spiro atoms. The van der Waals surface area contributed by atoms with Gasteiger partial charge in [-0.3, -0.25) is 9.59 Å². The van der Waals surface area contributed by atoms with Crippen molar-refractivity contribution in [2.75, 3.05) is 6.61 Å². The number of aliphatic carboxylic acids is 1. The first-order valence-electron chi connectivity index (χ1n) is 10.9. The molecule has 3 N–H and O–H groups in total. The lowest BCUT2D eigenvalue weighted by Crippen LogP contribution is -2.45. The van der Waals surface area contributed by atoms with Gasteiger partial charge in [-0.15, -0.1) is 4.67 Å². The van der Waals surface area contributed by atoms with E-state index in [9.17, 15) is 34.0 Å². The van der Waals surface area contributed by atoms with Crippen molar-refractivity contribution in [2.24, 2.45) is 11.8 Å². The van der Waals surface area contributed by atoms with Gasteiger partial charge in [-0.05, 0) is 42.0 Å². The van der Waals surface area contributed by atoms with Crippen LogP contribution in [0.4, 0.5) is 4.79 Å². The van der Waals surface area contributed by atoms with E-state index < -0.39 is 69.4 Å². The molecule has 1 rings (SSSR count). The molecule has 5 atom stereocenters. The molecule has 0 aliphatic rings. The first-order chi connectivity index (χ1) is 16.4. The molecule has 0 aliphatic heterocycles. The number of ether oxygens (including phenoxy) is 2. The fraction of sp³-hybridized carbons (Fsp3) is 0.545. The summed E-state index contributed by atoms with van der Waals surface area (Å²) in [4.78, 5) is 48.4. The van der Waals surface area contributed by atoms with E-state index in [0.717, 1.165) is 14.7 Å². The summed E-state index contributed by atoms with van der Waals surface area (Å²) < 4.78 is 23.2. The van der Waals surface area contributed by atoms with Crippen molar-refractivity contribution in [1.82, 2.24) is 9.99 Å². The molecule has 0 saturated heterocycles. The number of nitrogens with zero attached hydrogens (tertiary/aromatic N) is 1. The van der Waals surface area contributed by atoms with Crippen LogP contribution in [0.2, 0.25) is 0 Å². The number of carbonyl (C=O) groups is 4. The number of benzene rings is 1. The number of nitrogens with one attached hydrogen (secondary N) is 1. The van der Waals surface area contributed by atoms with Gasteiger partial charge in [0, 0.05) is 17.3 Å². The van der Waals surface area contributed by atoms with Crippen LogP contribution in [0.1, 0.15) is 39.7 Å². The second-order valence-electron chi connectivity index (χ2n) is 8.17. The van der Waals surface area contributed by atoms with Gasteiger partial charge < -0.3 is 25.0 Å². The van der Waals surface area contributed by atoms with Crippen LogP contribution in [0.15, 0.2) is 28.7 Å². The number of halogens is 1. The Balaban J connectivity index is 3.01. The molecule has 0 aromatic heterocycles. The van der Waals surface area contributed by atoms with E-state index in [2.05, 4.69) is 21.2 Å². The third kappa shape index (κ3) is 10.3. The van der Waals surface area contributed by atoms with Crippen molar-refractivity contribution >= 4 is 48.5 Å². The molecule has 0 aliphatic carbocycles. The lowest BCUT2D eigenvalue weighted by molar-refractivity contribution is -0.168. The quantitative estimate of drug-likeness (QED) is 0.182. The zero-order valence-corrected chi connectivity index (χ0v) is 22.5. The summed E-state index contributed by atoms with van der Waals surface area (Å²) in [6.07, 6.45) is -2.13. The normalized spacial score (nSPS) is 14.5. The van der Waals surface area contributed by atoms with Gasteiger partial charge in [-0.2, -0.15) is 0 Å². The highest BCUT2D eigenvalue weighted by Gasteiger charge is 2.37. The third-order valence-corrected chi connectivity index (χ3v) is 6.30. The minimum absolute atomic E-state index is 0.103. The Morgan fingerprint density at radius 1 is 1.09 bits per heavy atom. The first-order valence-corrected chi connectivity index (χ1v) is 12.5. The van der Waals surface area contributed by atoms with E-state index in [-0.39, 0.29) is 12.8 Å². The minimum Gasteiger partial charge on any atom is -0.480 e. The third-order valence-electron chi connectivity index (χ3n) is 4.96. The summed E-state index contributed by atoms with van der Waals surface area (Å²) in [6, 6.07) is 4.75. The van der Waals surface area contributed by atoms with Crippen molar-refractivity contribution < 1.29 is 43.4 Å². The molecule has 13 heteroatoms. The van der Waals surface area contributed by atoms with Crippen molar-refractivity contribution in [2.45, 2.75) is 58.9 Å². The van der Waals surface area contributed by atoms with Gasteiger partial charge in [0.05, 0.1) is 18.6 Å². The molecule has 5 unspecified atom stereocenters. The van der Waals surface area contributed by atoms with Gasteiger partial charge in [-0.25, -0.2) is 9.59 Å². The smallest absolute Gasteiger partial charge is 0.451 e. The van der Waals surface area contributed by atoms with Crippen molar-refractivity contribution in [3.63, 3.8) is 0 Å². The number of carbonyl (C=O) groups excluding carboxylic acids is 3. The summed E-state index contributed by atoms with van der Waals surface area (Å²) in [5.74, 6) is -3.93. The molecule has 1 aromatic rings. The SMILES string of the molecule is CC(OC(=O)NC(CO)CC(Cc1ccc(Br)cc1)C(=O)N([PH+]=O)C(C)C(=O)O)OC(=O)C(C)C. The number of hydrogen-bond donors (Lipinski definition) is 3. The molecule has 35 heavy (non-hydrogen) atoms. The summed E-state index contributed by atoms with van der Waals surface area (Å²) in [6.45, 7) is 5.27. The minimum atomic E-state index is -1.34. The summed E-state index contributed by atoms with van der Waals surface area (Å²) in [5.41, 5.74) is 0.734. The van der Waals surface area contributed by atoms with Gasteiger partial charge in [0.15, 0.2) is 6.04 Å². The summed E-state index contributed by atoms with van der Waals surface area (Å²) in [5, 5.41) is 21.5. The molecule has 0 bridgehead atoms. The Kier molecular flexibility index (Phi) is 12.8. The predicted molar refractivity (Wildman–Crippen MR) is 130 cm³/mol. The van der Waals surface area contributed by atoms with E-state index in [1.807, 2.05) is 0 Å². The molecular formula is C22H31BrN2O9P+. The van der Waals surface area contributed by atoms with E-state index in [0.29, 0.717) is 0 Å². The maximum atomic E-state index is 13.2. The summed E-state index contributed by atoms with van der Waals surface area (Å²) in [7, 11) is -1.34. The van der Waals surface area contributed by atoms with Gasteiger partial charge in [0.25, 0.3) is 5.91 Å². The molecule has 0 radical (unpaired) electrons. The highest BCUT2D eigenvalue weighted by atomic mass is 79.9. The second-order valence-corrected chi connectivity index (χ2v) is 9.75. The van der Waals surface area contributed by atoms with Crippen LogP contribution < -0.4 is 5.32 Å². The first kappa shape index (κ1) is 30.5. The summed E-state index contributed by atoms with van der Waals surface area (Å²) >= 11 is 3.32. The van der Waals surface area contributed by atoms with Gasteiger partial charge in [0.1, 0.15) is 0 Å². The Morgan fingerprint density at radius 3 is 2.17 bits per heavy atom. The van der Waals surface area contributed by atoms with E-state index in [1.165, 1.54) is 13.8 Å². The van der Waals surface area contributed by atoms with Crippen LogP contribution in [0.3, 0.4) is 0 Å². The van der Waals surface area contributed by atoms with Crippen LogP contribution in [0, 0.1) is 11.8 Å². The maximum absolute atomic E-state index is 13.2. The molecule has 0 heterocycles. The molecule has 0 saturated carbocycles. The standard InChI is InChI=1S/C22H30BrN2O9P/c1-12(2)21(30)33-14(4)34-22(31)24-18(11-26)10-16(9-15-5-7-17(23)8-6-15)19(27)25(35-32)13(3)20(28)29/h5-8,12-14,16,18,26H,9-11H2,1-4H3,(H,24,31)(H,28,29)/p+1. The number of rotatable bonds is 13. The fourth-order valence-corrected chi connectivity index (χ4v) is 3.80. The van der Waals surface area contributed by atoms with Crippen LogP contribution in [-0.2, 0) is 34.8 Å². The van der Waals surface area contributed by atoms with Crippen LogP contribution in [0.25, 0.3) is 0 Å². The number of esters is 1. The Labute approximate surface area is 213 Å². The van der Waals surface area contributed by atoms with Crippen molar-refractivity contribution in [3.05, 3.63) is 34.3 Å². The predicted octanol–water partition coefficient (Wildman–Crippen LogP) is 2.87. The zero-order chi connectivity index (χ0) is 26.7. The maximum Gasteiger partial charge on any atom is 0.451 e. The van der Waals surface area contributed by atoms with E-state index in [4.69, 9.17) is 9.47 Å². The topological polar surface area (TPSA) is 160 Å².